The summed E-state index contributed by atoms with van der Waals surface area (Å²) in [5, 5.41) is 16.0. The van der Waals surface area contributed by atoms with Crippen molar-refractivity contribution in [2.45, 2.75) is 76.0 Å². The molecule has 2 aromatic rings. The van der Waals surface area contributed by atoms with E-state index in [2.05, 4.69) is 12.0 Å². The molecule has 1 aromatic heterocycles. The van der Waals surface area contributed by atoms with Crippen molar-refractivity contribution >= 4 is 16.8 Å². The van der Waals surface area contributed by atoms with Gasteiger partial charge in [-0.3, -0.25) is 9.48 Å². The maximum Gasteiger partial charge on any atom is 0.234 e. The van der Waals surface area contributed by atoms with Gasteiger partial charge in [-0.2, -0.15) is 5.10 Å². The lowest BCUT2D eigenvalue weighted by atomic mass is 9.54. The molecule has 3 heterocycles. The van der Waals surface area contributed by atoms with Crippen LogP contribution in [-0.2, 0) is 17.3 Å². The van der Waals surface area contributed by atoms with Crippen LogP contribution in [-0.4, -0.2) is 43.4 Å². The fourth-order valence-electron chi connectivity index (χ4n) is 6.56. The van der Waals surface area contributed by atoms with Gasteiger partial charge < -0.3 is 10.0 Å². The van der Waals surface area contributed by atoms with Crippen LogP contribution >= 0.6 is 0 Å². The highest BCUT2D eigenvalue weighted by Crippen LogP contribution is 2.58. The number of rotatable bonds is 2. The number of carbonyl (C=O) groups is 1. The predicted octanol–water partition coefficient (Wildman–Crippen LogP) is 3.28. The number of nitrogens with zero attached hydrogens (tertiary/aromatic N) is 3. The van der Waals surface area contributed by atoms with Crippen LogP contribution in [0.3, 0.4) is 0 Å². The van der Waals surface area contributed by atoms with Crippen LogP contribution in [0.1, 0.15) is 58.6 Å². The number of aliphatic hydroxyl groups is 1. The van der Waals surface area contributed by atoms with Crippen LogP contribution in [0.2, 0.25) is 0 Å². The van der Waals surface area contributed by atoms with Gasteiger partial charge in [0.15, 0.2) is 0 Å². The smallest absolute Gasteiger partial charge is 0.234 e. The van der Waals surface area contributed by atoms with E-state index in [1.165, 1.54) is 6.07 Å². The van der Waals surface area contributed by atoms with Crippen molar-refractivity contribution in [2.24, 2.45) is 12.5 Å². The van der Waals surface area contributed by atoms with Crippen LogP contribution < -0.4 is 0 Å². The molecule has 2 aliphatic heterocycles. The second-order valence-electron chi connectivity index (χ2n) is 10.3. The van der Waals surface area contributed by atoms with Crippen molar-refractivity contribution in [3.05, 3.63) is 29.7 Å². The second kappa shape index (κ2) is 5.35. The molecule has 2 unspecified atom stereocenters. The Hall–Kier alpha value is -1.95. The number of carbonyl (C=O) groups excluding carboxylic acids is 1. The minimum Gasteiger partial charge on any atom is -0.390 e. The number of aromatic nitrogens is 2. The largest absolute Gasteiger partial charge is 0.390 e. The molecule has 1 aromatic carbocycles. The molecule has 6 rings (SSSR count). The summed E-state index contributed by atoms with van der Waals surface area (Å²) in [6.45, 7) is 5.95. The molecule has 1 amide bonds. The molecule has 2 atom stereocenters. The van der Waals surface area contributed by atoms with Gasteiger partial charge in [-0.25, -0.2) is 4.39 Å². The van der Waals surface area contributed by atoms with Gasteiger partial charge in [-0.05, 0) is 63.5 Å². The Morgan fingerprint density at radius 3 is 2.50 bits per heavy atom. The summed E-state index contributed by atoms with van der Waals surface area (Å²) < 4.78 is 16.3. The molecule has 4 bridgehead atoms. The monoisotopic (exact) mass is 385 g/mol. The first kappa shape index (κ1) is 18.1. The lowest BCUT2D eigenvalue weighted by Gasteiger charge is -2.64. The SMILES string of the molecule is Cn1nc(C(C)(C)C(=O)N2C3CC4(C)CC2CC(O)(C3)C4)c2c(F)cccc21. The van der Waals surface area contributed by atoms with Crippen LogP contribution in [0, 0.1) is 11.2 Å². The van der Waals surface area contributed by atoms with Crippen molar-refractivity contribution in [3.63, 3.8) is 0 Å². The van der Waals surface area contributed by atoms with Crippen LogP contribution in [0.15, 0.2) is 18.2 Å². The summed E-state index contributed by atoms with van der Waals surface area (Å²) in [4.78, 5) is 15.8. The third-order valence-corrected chi connectivity index (χ3v) is 7.42. The first-order valence-electron chi connectivity index (χ1n) is 10.2. The van der Waals surface area contributed by atoms with Crippen LogP contribution in [0.25, 0.3) is 10.9 Å². The Bertz CT molecular complexity index is 959. The molecule has 1 N–H and O–H groups in total. The summed E-state index contributed by atoms with van der Waals surface area (Å²) >= 11 is 0. The van der Waals surface area contributed by atoms with Crippen molar-refractivity contribution in [1.82, 2.24) is 14.7 Å². The summed E-state index contributed by atoms with van der Waals surface area (Å²) in [5.41, 5.74) is -0.276. The Morgan fingerprint density at radius 1 is 1.25 bits per heavy atom. The van der Waals surface area contributed by atoms with Gasteiger partial charge in [0.05, 0.1) is 27.6 Å². The topological polar surface area (TPSA) is 58.4 Å². The zero-order valence-corrected chi connectivity index (χ0v) is 17.0. The first-order valence-corrected chi connectivity index (χ1v) is 10.2. The number of hydrogen-bond donors (Lipinski definition) is 1. The number of piperidine rings is 2. The van der Waals surface area contributed by atoms with Gasteiger partial charge >= 0.3 is 0 Å². The highest BCUT2D eigenvalue weighted by molar-refractivity contribution is 5.94. The Labute approximate surface area is 164 Å². The highest BCUT2D eigenvalue weighted by Gasteiger charge is 2.60. The summed E-state index contributed by atoms with van der Waals surface area (Å²) in [5.74, 6) is -0.347. The average Bonchev–Trinajstić information content (AvgIpc) is 2.91. The third-order valence-electron chi connectivity index (χ3n) is 7.42. The second-order valence-corrected chi connectivity index (χ2v) is 10.3. The molecule has 6 heteroatoms. The van der Waals surface area contributed by atoms with E-state index in [1.807, 2.05) is 24.8 Å². The number of aryl methyl sites for hydroxylation is 1. The van der Waals surface area contributed by atoms with E-state index in [4.69, 9.17) is 0 Å². The van der Waals surface area contributed by atoms with E-state index in [-0.39, 0.29) is 29.2 Å². The summed E-state index contributed by atoms with van der Waals surface area (Å²) in [7, 11) is 1.78. The van der Waals surface area contributed by atoms with E-state index in [0.29, 0.717) is 29.4 Å². The Balaban J connectivity index is 1.56. The molecule has 2 aliphatic carbocycles. The van der Waals surface area contributed by atoms with Gasteiger partial charge in [0.2, 0.25) is 5.91 Å². The van der Waals surface area contributed by atoms with Gasteiger partial charge in [0, 0.05) is 19.1 Å². The normalized spacial score (nSPS) is 34.4. The molecule has 0 spiro atoms. The number of benzene rings is 1. The lowest BCUT2D eigenvalue weighted by Crippen LogP contribution is -2.69. The quantitative estimate of drug-likeness (QED) is 0.863. The third kappa shape index (κ3) is 2.33. The molecule has 4 fully saturated rings. The average molecular weight is 385 g/mol. The van der Waals surface area contributed by atoms with Gasteiger partial charge in [0.1, 0.15) is 5.82 Å². The van der Waals surface area contributed by atoms with E-state index in [9.17, 15) is 14.3 Å². The molecule has 28 heavy (non-hydrogen) atoms. The number of halogens is 1. The van der Waals surface area contributed by atoms with Gasteiger partial charge in [0.25, 0.3) is 0 Å². The fourth-order valence-corrected chi connectivity index (χ4v) is 6.56. The molecule has 2 saturated carbocycles. The predicted molar refractivity (Wildman–Crippen MR) is 104 cm³/mol. The molecule has 4 aliphatic rings. The summed E-state index contributed by atoms with van der Waals surface area (Å²) in [6.07, 6.45) is 4.01. The maximum absolute atomic E-state index is 14.7. The fraction of sp³-hybridized carbons (Fsp3) is 0.636. The van der Waals surface area contributed by atoms with Crippen molar-refractivity contribution in [2.75, 3.05) is 0 Å². The van der Waals surface area contributed by atoms with Gasteiger partial charge in [-0.15, -0.1) is 0 Å². The standard InChI is InChI=1S/C22H28FN3O2/c1-20(2,18-17-15(23)6-5-7-16(17)25(4)24-18)19(27)26-13-8-21(3)9-14(26)11-22(28,10-13)12-21/h5-7,13-14,28H,8-12H2,1-4H3. The van der Waals surface area contributed by atoms with Crippen molar-refractivity contribution in [1.29, 1.82) is 0 Å². The van der Waals surface area contributed by atoms with E-state index < -0.39 is 11.0 Å². The maximum atomic E-state index is 14.7. The first-order chi connectivity index (χ1) is 13.0. The lowest BCUT2D eigenvalue weighted by molar-refractivity contribution is -0.196. The number of amides is 1. The Morgan fingerprint density at radius 2 is 1.89 bits per heavy atom. The number of fused-ring (bicyclic) bond motifs is 1. The molecule has 0 radical (unpaired) electrons. The molecule has 150 valence electrons. The zero-order chi connectivity index (χ0) is 20.1. The molecule has 2 saturated heterocycles. The minimum absolute atomic E-state index is 0.00301. The molecular formula is C22H28FN3O2. The van der Waals surface area contributed by atoms with Crippen molar-refractivity contribution in [3.8, 4) is 0 Å². The number of hydrogen-bond acceptors (Lipinski definition) is 3. The van der Waals surface area contributed by atoms with Crippen molar-refractivity contribution < 1.29 is 14.3 Å². The van der Waals surface area contributed by atoms with Crippen LogP contribution in [0.5, 0.6) is 0 Å². The molecular weight excluding hydrogens is 357 g/mol. The van der Waals surface area contributed by atoms with Gasteiger partial charge in [-0.1, -0.05) is 13.0 Å². The van der Waals surface area contributed by atoms with Crippen LogP contribution in [0.4, 0.5) is 4.39 Å². The van der Waals surface area contributed by atoms with E-state index in [1.54, 1.807) is 17.8 Å². The highest BCUT2D eigenvalue weighted by atomic mass is 19.1. The summed E-state index contributed by atoms with van der Waals surface area (Å²) in [6, 6.07) is 5.04. The van der Waals surface area contributed by atoms with E-state index in [0.717, 1.165) is 19.3 Å². The molecule has 5 nitrogen and oxygen atoms in total. The zero-order valence-electron chi connectivity index (χ0n) is 17.0. The van der Waals surface area contributed by atoms with E-state index >= 15 is 0 Å². The Kier molecular flexibility index (Phi) is 3.46. The minimum atomic E-state index is -0.944.